The van der Waals surface area contributed by atoms with Crippen molar-refractivity contribution < 1.29 is 36.5 Å². The van der Waals surface area contributed by atoms with E-state index in [1.807, 2.05) is 0 Å². The van der Waals surface area contributed by atoms with Crippen LogP contribution in [0.2, 0.25) is 0 Å². The van der Waals surface area contributed by atoms with Gasteiger partial charge in [-0.1, -0.05) is 58.3 Å². The van der Waals surface area contributed by atoms with E-state index >= 15 is 0 Å². The first-order valence-electron chi connectivity index (χ1n) is 7.80. The van der Waals surface area contributed by atoms with Crippen LogP contribution in [0, 0.1) is 0 Å². The standard InChI is InChI=1S/C15H34NO3.BrH/c1-5-6-7-8-9-10-11-12-13-14-15-16(17-2,18-3)19-4;/h5-15H2,1-4H3;1H/q+1;/p-1. The van der Waals surface area contributed by atoms with Crippen molar-refractivity contribution in [3.63, 3.8) is 0 Å². The zero-order chi connectivity index (χ0) is 14.4. The molecule has 0 fully saturated rings. The summed E-state index contributed by atoms with van der Waals surface area (Å²) in [4.78, 5) is 15.5. The molecule has 0 radical (unpaired) electrons. The number of nitrogens with zero attached hydrogens (tertiary/aromatic N) is 1. The first-order valence-corrected chi connectivity index (χ1v) is 7.80. The Bertz CT molecular complexity index is 182. The van der Waals surface area contributed by atoms with E-state index in [0.29, 0.717) is 0 Å². The molecule has 0 bridgehead atoms. The fourth-order valence-electron chi connectivity index (χ4n) is 2.29. The Labute approximate surface area is 136 Å². The van der Waals surface area contributed by atoms with E-state index in [-0.39, 0.29) is 22.0 Å². The van der Waals surface area contributed by atoms with Crippen molar-refractivity contribution in [3.8, 4) is 0 Å². The normalized spacial score (nSPS) is 11.4. The van der Waals surface area contributed by atoms with Gasteiger partial charge in [-0.25, -0.2) is 0 Å². The Hall–Kier alpha value is 0.320. The molecule has 0 atom stereocenters. The average molecular weight is 356 g/mol. The summed E-state index contributed by atoms with van der Waals surface area (Å²) in [5.41, 5.74) is 0. The molecule has 0 heterocycles. The molecule has 0 aromatic carbocycles. The maximum absolute atomic E-state index is 5.21. The van der Waals surface area contributed by atoms with Crippen molar-refractivity contribution in [1.29, 1.82) is 0 Å². The van der Waals surface area contributed by atoms with E-state index in [1.54, 1.807) is 21.3 Å². The average Bonchev–Trinajstić information content (AvgIpc) is 2.46. The molecule has 0 aromatic rings. The fraction of sp³-hybridized carbons (Fsp3) is 1.00. The molecular formula is C15H34BrNO3. The lowest BCUT2D eigenvalue weighted by Crippen LogP contribution is -3.00. The molecular weight excluding hydrogens is 322 g/mol. The predicted molar refractivity (Wildman–Crippen MR) is 78.0 cm³/mol. The van der Waals surface area contributed by atoms with Crippen molar-refractivity contribution in [2.45, 2.75) is 71.1 Å². The number of hydroxylamine groups is 3. The number of rotatable bonds is 14. The second kappa shape index (κ2) is 15.7. The summed E-state index contributed by atoms with van der Waals surface area (Å²) in [5.74, 6) is 0. The second-order valence-corrected chi connectivity index (χ2v) is 5.06. The molecule has 4 nitrogen and oxygen atoms in total. The molecule has 0 aromatic heterocycles. The van der Waals surface area contributed by atoms with E-state index in [9.17, 15) is 0 Å². The topological polar surface area (TPSA) is 27.7 Å². The second-order valence-electron chi connectivity index (χ2n) is 5.06. The molecule has 0 aliphatic rings. The minimum Gasteiger partial charge on any atom is -1.00 e. The molecule has 0 aliphatic carbocycles. The van der Waals surface area contributed by atoms with Crippen molar-refractivity contribution in [2.75, 3.05) is 27.9 Å². The molecule has 0 aliphatic heterocycles. The van der Waals surface area contributed by atoms with Crippen molar-refractivity contribution in [3.05, 3.63) is 0 Å². The van der Waals surface area contributed by atoms with Gasteiger partial charge in [0.15, 0.2) is 6.54 Å². The minimum atomic E-state index is -0.170. The van der Waals surface area contributed by atoms with E-state index < -0.39 is 0 Å². The summed E-state index contributed by atoms with van der Waals surface area (Å²) >= 11 is 0. The highest BCUT2D eigenvalue weighted by Crippen LogP contribution is 2.14. The Morgan fingerprint density at radius 2 is 0.950 bits per heavy atom. The molecule has 124 valence electrons. The maximum atomic E-state index is 5.21. The summed E-state index contributed by atoms with van der Waals surface area (Å²) < 4.78 is 0. The molecule has 0 saturated carbocycles. The number of unbranched alkanes of at least 4 members (excludes halogenated alkanes) is 9. The molecule has 0 amide bonds. The molecule has 0 saturated heterocycles. The van der Waals surface area contributed by atoms with Gasteiger partial charge >= 0.3 is 0 Å². The van der Waals surface area contributed by atoms with Gasteiger partial charge < -0.3 is 17.0 Å². The van der Waals surface area contributed by atoms with Crippen LogP contribution >= 0.6 is 0 Å². The number of hydrogen-bond acceptors (Lipinski definition) is 3. The number of hydrogen-bond donors (Lipinski definition) is 0. The van der Waals surface area contributed by atoms with Crippen LogP contribution in [0.5, 0.6) is 0 Å². The van der Waals surface area contributed by atoms with Crippen LogP contribution in [-0.4, -0.2) is 32.8 Å². The van der Waals surface area contributed by atoms with E-state index in [4.69, 9.17) is 14.5 Å². The van der Waals surface area contributed by atoms with Gasteiger partial charge in [-0.2, -0.15) is 0 Å². The quantitative estimate of drug-likeness (QED) is 0.268. The highest BCUT2D eigenvalue weighted by Gasteiger charge is 2.29. The van der Waals surface area contributed by atoms with Crippen molar-refractivity contribution in [1.82, 2.24) is 0 Å². The highest BCUT2D eigenvalue weighted by molar-refractivity contribution is 4.46. The smallest absolute Gasteiger partial charge is 0.178 e. The monoisotopic (exact) mass is 355 g/mol. The van der Waals surface area contributed by atoms with Gasteiger partial charge in [0.1, 0.15) is 21.3 Å². The van der Waals surface area contributed by atoms with Crippen molar-refractivity contribution >= 4 is 0 Å². The van der Waals surface area contributed by atoms with Gasteiger partial charge in [0.25, 0.3) is 0 Å². The zero-order valence-corrected chi connectivity index (χ0v) is 15.4. The zero-order valence-electron chi connectivity index (χ0n) is 13.8. The fourth-order valence-corrected chi connectivity index (χ4v) is 2.29. The van der Waals surface area contributed by atoms with E-state index in [2.05, 4.69) is 6.92 Å². The summed E-state index contributed by atoms with van der Waals surface area (Å²) in [5, 5.41) is 0. The van der Waals surface area contributed by atoms with Gasteiger partial charge in [-0.3, -0.25) is 0 Å². The van der Waals surface area contributed by atoms with Crippen LogP contribution < -0.4 is 17.0 Å². The molecule has 20 heavy (non-hydrogen) atoms. The third kappa shape index (κ3) is 11.0. The number of halogens is 1. The van der Waals surface area contributed by atoms with E-state index in [1.165, 1.54) is 57.8 Å². The summed E-state index contributed by atoms with van der Waals surface area (Å²) in [6.45, 7) is 3.00. The van der Waals surface area contributed by atoms with Gasteiger partial charge in [-0.05, 0) is 6.42 Å². The Morgan fingerprint density at radius 3 is 1.30 bits per heavy atom. The SMILES string of the molecule is CCCCCCCCCCCC[N+](OC)(OC)OC.[Br-]. The van der Waals surface area contributed by atoms with Crippen molar-refractivity contribution in [2.24, 2.45) is 0 Å². The highest BCUT2D eigenvalue weighted by atomic mass is 79.9. The van der Waals surface area contributed by atoms with Gasteiger partial charge in [-0.15, -0.1) is 14.5 Å². The van der Waals surface area contributed by atoms with Gasteiger partial charge in [0.2, 0.25) is 0 Å². The maximum Gasteiger partial charge on any atom is 0.178 e. The van der Waals surface area contributed by atoms with Gasteiger partial charge in [0, 0.05) is 6.42 Å². The van der Waals surface area contributed by atoms with Gasteiger partial charge in [0.05, 0.1) is 4.97 Å². The third-order valence-electron chi connectivity index (χ3n) is 3.62. The first kappa shape index (κ1) is 22.6. The molecule has 0 N–H and O–H groups in total. The summed E-state index contributed by atoms with van der Waals surface area (Å²) in [6, 6.07) is 0. The van der Waals surface area contributed by atoms with Crippen LogP contribution in [-0.2, 0) is 14.5 Å². The summed E-state index contributed by atoms with van der Waals surface area (Å²) in [6.07, 6.45) is 13.2. The minimum absolute atomic E-state index is 0. The molecule has 0 spiro atoms. The lowest BCUT2D eigenvalue weighted by molar-refractivity contribution is -1.36. The lowest BCUT2D eigenvalue weighted by Gasteiger charge is -2.24. The molecule has 0 rings (SSSR count). The Kier molecular flexibility index (Phi) is 17.7. The molecule has 0 unspecified atom stereocenters. The lowest BCUT2D eigenvalue weighted by atomic mass is 10.1. The third-order valence-corrected chi connectivity index (χ3v) is 3.62. The van der Waals surface area contributed by atoms with Crippen LogP contribution in [0.1, 0.15) is 71.1 Å². The Morgan fingerprint density at radius 1 is 0.600 bits per heavy atom. The van der Waals surface area contributed by atoms with Crippen LogP contribution in [0.4, 0.5) is 0 Å². The van der Waals surface area contributed by atoms with Crippen LogP contribution in [0.25, 0.3) is 0 Å². The predicted octanol–water partition coefficient (Wildman–Crippen LogP) is 1.41. The van der Waals surface area contributed by atoms with Crippen LogP contribution in [0.3, 0.4) is 0 Å². The molecule has 5 heteroatoms. The Balaban J connectivity index is 0. The van der Waals surface area contributed by atoms with E-state index in [0.717, 1.165) is 13.0 Å². The largest absolute Gasteiger partial charge is 1.00 e. The first-order chi connectivity index (χ1) is 9.24. The summed E-state index contributed by atoms with van der Waals surface area (Å²) in [7, 11) is 4.80. The van der Waals surface area contributed by atoms with Crippen LogP contribution in [0.15, 0.2) is 0 Å². The number of quaternary nitrogens is 1.